The molecule has 0 saturated carbocycles. The molecular formula is C18H13Br2N3S2. The van der Waals surface area contributed by atoms with Gasteiger partial charge in [0.05, 0.1) is 21.6 Å². The summed E-state index contributed by atoms with van der Waals surface area (Å²) in [4.78, 5) is 7.97. The normalized spacial score (nSPS) is 19.9. The Bertz CT molecular complexity index is 896. The van der Waals surface area contributed by atoms with E-state index in [1.54, 1.807) is 11.3 Å². The molecule has 0 spiro atoms. The summed E-state index contributed by atoms with van der Waals surface area (Å²) in [6.07, 6.45) is 1.82. The number of nitrogens with zero attached hydrogens (tertiary/aromatic N) is 2. The topological polar surface area (TPSA) is 28.2 Å². The van der Waals surface area contributed by atoms with E-state index in [4.69, 9.17) is 12.2 Å². The molecule has 1 N–H and O–H groups in total. The maximum absolute atomic E-state index is 5.68. The van der Waals surface area contributed by atoms with Crippen molar-refractivity contribution in [2.24, 2.45) is 0 Å². The lowest BCUT2D eigenvalue weighted by atomic mass is 10.0. The van der Waals surface area contributed by atoms with E-state index in [0.717, 1.165) is 19.6 Å². The third-order valence-electron chi connectivity index (χ3n) is 4.09. The van der Waals surface area contributed by atoms with Crippen molar-refractivity contribution >= 4 is 66.2 Å². The molecule has 1 fully saturated rings. The summed E-state index contributed by atoms with van der Waals surface area (Å²) < 4.78 is 2.15. The Hall–Kier alpha value is -1.28. The molecule has 2 atom stereocenters. The highest BCUT2D eigenvalue weighted by atomic mass is 79.9. The smallest absolute Gasteiger partial charge is 0.174 e. The summed E-state index contributed by atoms with van der Waals surface area (Å²) in [7, 11) is 0. The second-order valence-electron chi connectivity index (χ2n) is 5.61. The van der Waals surface area contributed by atoms with E-state index in [-0.39, 0.29) is 12.1 Å². The lowest BCUT2D eigenvalue weighted by molar-refractivity contribution is 0.575. The first kappa shape index (κ1) is 17.1. The highest BCUT2D eigenvalue weighted by molar-refractivity contribution is 9.11. The molecule has 126 valence electrons. The first-order chi connectivity index (χ1) is 12.1. The van der Waals surface area contributed by atoms with Crippen LogP contribution in [-0.2, 0) is 0 Å². The summed E-state index contributed by atoms with van der Waals surface area (Å²) >= 11 is 14.5. The minimum atomic E-state index is 0.00268. The third kappa shape index (κ3) is 3.38. The largest absolute Gasteiger partial charge is 0.351 e. The Morgan fingerprint density at radius 1 is 1.04 bits per heavy atom. The van der Waals surface area contributed by atoms with Crippen LogP contribution in [0.15, 0.2) is 69.1 Å². The van der Waals surface area contributed by atoms with Crippen LogP contribution in [0, 0.1) is 0 Å². The number of rotatable bonds is 3. The van der Waals surface area contributed by atoms with Crippen molar-refractivity contribution in [3.63, 3.8) is 0 Å². The Kier molecular flexibility index (Phi) is 4.90. The summed E-state index contributed by atoms with van der Waals surface area (Å²) in [5, 5.41) is 4.18. The molecule has 3 aromatic rings. The van der Waals surface area contributed by atoms with Crippen molar-refractivity contribution in [1.82, 2.24) is 10.3 Å². The number of thiophene rings is 1. The van der Waals surface area contributed by atoms with Gasteiger partial charge in [-0.15, -0.1) is 11.3 Å². The summed E-state index contributed by atoms with van der Waals surface area (Å²) in [6.45, 7) is 0. The fraction of sp³-hybridized carbons (Fsp3) is 0.111. The van der Waals surface area contributed by atoms with Crippen LogP contribution in [0.2, 0.25) is 0 Å². The number of nitrogens with one attached hydrogen (secondary N) is 1. The van der Waals surface area contributed by atoms with Gasteiger partial charge in [0.2, 0.25) is 0 Å². The van der Waals surface area contributed by atoms with E-state index >= 15 is 0 Å². The van der Waals surface area contributed by atoms with E-state index in [9.17, 15) is 0 Å². The molecule has 1 aliphatic rings. The van der Waals surface area contributed by atoms with Gasteiger partial charge in [0.1, 0.15) is 0 Å². The van der Waals surface area contributed by atoms with Crippen molar-refractivity contribution in [2.45, 2.75) is 12.1 Å². The van der Waals surface area contributed by atoms with Gasteiger partial charge in [0, 0.05) is 21.2 Å². The SMILES string of the molecule is S=C1N[C@@H](c2ccccn2)[C@@H](c2ccc(Br)s2)N1c1ccc(Br)cc1. The second-order valence-corrected chi connectivity index (χ2v) is 9.41. The molecule has 0 aliphatic carbocycles. The molecular weight excluding hydrogens is 482 g/mol. The number of hydrogen-bond acceptors (Lipinski definition) is 3. The van der Waals surface area contributed by atoms with Gasteiger partial charge in [-0.3, -0.25) is 4.98 Å². The van der Waals surface area contributed by atoms with Crippen LogP contribution in [-0.4, -0.2) is 10.1 Å². The van der Waals surface area contributed by atoms with Crippen LogP contribution in [0.25, 0.3) is 0 Å². The van der Waals surface area contributed by atoms with Crippen molar-refractivity contribution in [1.29, 1.82) is 0 Å². The minimum Gasteiger partial charge on any atom is -0.351 e. The van der Waals surface area contributed by atoms with Crippen molar-refractivity contribution in [3.05, 3.63) is 79.6 Å². The zero-order valence-corrected chi connectivity index (χ0v) is 17.7. The van der Waals surface area contributed by atoms with Crippen molar-refractivity contribution < 1.29 is 0 Å². The molecule has 0 radical (unpaired) electrons. The van der Waals surface area contributed by atoms with Gasteiger partial charge in [-0.2, -0.15) is 0 Å². The Labute approximate surface area is 172 Å². The lowest BCUT2D eigenvalue weighted by Gasteiger charge is -2.26. The Morgan fingerprint density at radius 3 is 2.48 bits per heavy atom. The number of aromatic nitrogens is 1. The fourth-order valence-electron chi connectivity index (χ4n) is 3.01. The monoisotopic (exact) mass is 493 g/mol. The van der Waals surface area contributed by atoms with Crippen LogP contribution < -0.4 is 10.2 Å². The highest BCUT2D eigenvalue weighted by Gasteiger charge is 2.41. The maximum Gasteiger partial charge on any atom is 0.174 e. The van der Waals surface area contributed by atoms with Gasteiger partial charge in [-0.25, -0.2) is 0 Å². The molecule has 0 unspecified atom stereocenters. The fourth-order valence-corrected chi connectivity index (χ4v) is 5.17. The number of thiocarbonyl (C=S) groups is 1. The first-order valence-electron chi connectivity index (χ1n) is 7.65. The highest BCUT2D eigenvalue weighted by Crippen LogP contribution is 2.44. The number of halogens is 2. The van der Waals surface area contributed by atoms with Gasteiger partial charge >= 0.3 is 0 Å². The number of pyridine rings is 1. The van der Waals surface area contributed by atoms with Gasteiger partial charge in [0.15, 0.2) is 5.11 Å². The summed E-state index contributed by atoms with van der Waals surface area (Å²) in [5.41, 5.74) is 2.05. The quantitative estimate of drug-likeness (QED) is 0.462. The molecule has 1 aromatic carbocycles. The van der Waals surface area contributed by atoms with E-state index in [1.807, 2.05) is 36.5 Å². The van der Waals surface area contributed by atoms with E-state index < -0.39 is 0 Å². The Morgan fingerprint density at radius 2 is 1.84 bits per heavy atom. The van der Waals surface area contributed by atoms with Crippen LogP contribution in [0.5, 0.6) is 0 Å². The number of hydrogen-bond donors (Lipinski definition) is 1. The molecule has 3 heterocycles. The zero-order chi connectivity index (χ0) is 17.4. The van der Waals surface area contributed by atoms with E-state index in [2.05, 4.69) is 71.3 Å². The van der Waals surface area contributed by atoms with E-state index in [1.165, 1.54) is 4.88 Å². The minimum absolute atomic E-state index is 0.00268. The summed E-state index contributed by atoms with van der Waals surface area (Å²) in [6, 6.07) is 18.5. The average molecular weight is 495 g/mol. The van der Waals surface area contributed by atoms with Crippen LogP contribution in [0.4, 0.5) is 5.69 Å². The number of anilines is 1. The molecule has 3 nitrogen and oxygen atoms in total. The van der Waals surface area contributed by atoms with Gasteiger partial charge in [-0.05, 0) is 76.7 Å². The summed E-state index contributed by atoms with van der Waals surface area (Å²) in [5.74, 6) is 0. The molecule has 25 heavy (non-hydrogen) atoms. The van der Waals surface area contributed by atoms with Crippen LogP contribution in [0.3, 0.4) is 0 Å². The molecule has 4 rings (SSSR count). The predicted molar refractivity (Wildman–Crippen MR) is 114 cm³/mol. The molecule has 1 aliphatic heterocycles. The average Bonchev–Trinajstić information content (AvgIpc) is 3.20. The molecule has 7 heteroatoms. The van der Waals surface area contributed by atoms with Crippen LogP contribution in [0.1, 0.15) is 22.7 Å². The first-order valence-corrected chi connectivity index (χ1v) is 10.5. The molecule has 0 amide bonds. The predicted octanol–water partition coefficient (Wildman–Crippen LogP) is 5.85. The van der Waals surface area contributed by atoms with Crippen molar-refractivity contribution in [3.8, 4) is 0 Å². The number of benzene rings is 1. The zero-order valence-electron chi connectivity index (χ0n) is 12.9. The lowest BCUT2D eigenvalue weighted by Crippen LogP contribution is -2.28. The molecule has 0 bridgehead atoms. The van der Waals surface area contributed by atoms with Gasteiger partial charge < -0.3 is 10.2 Å². The van der Waals surface area contributed by atoms with Gasteiger partial charge in [-0.1, -0.05) is 22.0 Å². The molecule has 1 saturated heterocycles. The van der Waals surface area contributed by atoms with Crippen LogP contribution >= 0.6 is 55.4 Å². The third-order valence-corrected chi connectivity index (χ3v) is 6.63. The standard InChI is InChI=1S/C18H13Br2N3S2/c19-11-4-6-12(7-5-11)23-17(14-8-9-15(20)25-14)16(22-18(23)24)13-3-1-2-10-21-13/h1-10,16-17H,(H,22,24)/t16-,17+/m0/s1. The molecule has 2 aromatic heterocycles. The second kappa shape index (κ2) is 7.15. The van der Waals surface area contributed by atoms with E-state index in [0.29, 0.717) is 5.11 Å². The maximum atomic E-state index is 5.68. The van der Waals surface area contributed by atoms with Gasteiger partial charge in [0.25, 0.3) is 0 Å². The van der Waals surface area contributed by atoms with Crippen molar-refractivity contribution in [2.75, 3.05) is 4.90 Å². The Balaban J connectivity index is 1.81.